The Labute approximate surface area is 420 Å². The number of phosphoric ester groups is 1. The molecule has 0 aromatic rings. The van der Waals surface area contributed by atoms with Gasteiger partial charge >= 0.3 is 7.82 Å². The van der Waals surface area contributed by atoms with Crippen molar-refractivity contribution in [1.82, 2.24) is 5.32 Å². The molecule has 0 fully saturated rings. The van der Waals surface area contributed by atoms with Gasteiger partial charge in [0.05, 0.1) is 39.9 Å². The Balaban J connectivity index is 4.27. The van der Waals surface area contributed by atoms with Crippen LogP contribution in [0, 0.1) is 0 Å². The molecule has 3 atom stereocenters. The lowest BCUT2D eigenvalue weighted by atomic mass is 10.0. The molecule has 0 rings (SSSR count). The quantitative estimate of drug-likeness (QED) is 0.0243. The summed E-state index contributed by atoms with van der Waals surface area (Å²) in [5.74, 6) is -0.194. The number of unbranched alkanes of at least 4 members (excludes halogenated alkanes) is 25. The number of nitrogens with zero attached hydrogens (tertiary/aromatic N) is 1. The van der Waals surface area contributed by atoms with Gasteiger partial charge in [-0.3, -0.25) is 13.8 Å². The maximum absolute atomic E-state index is 13.0. The first-order valence-electron chi connectivity index (χ1n) is 28.0. The zero-order valence-corrected chi connectivity index (χ0v) is 45.7. The van der Waals surface area contributed by atoms with Crippen molar-refractivity contribution < 1.29 is 32.9 Å². The Morgan fingerprint density at radius 3 is 1.35 bits per heavy atom. The Morgan fingerprint density at radius 1 is 0.515 bits per heavy atom. The second kappa shape index (κ2) is 49.7. The molecule has 0 aliphatic heterocycles. The summed E-state index contributed by atoms with van der Waals surface area (Å²) in [6.07, 6.45) is 69.7. The molecule has 3 unspecified atom stereocenters. The molecule has 0 saturated heterocycles. The molecule has 394 valence electrons. The molecular weight excluding hydrogens is 864 g/mol. The fraction of sp³-hybridized carbons (Fsp3) is 0.746. The highest BCUT2D eigenvalue weighted by atomic mass is 31.2. The van der Waals surface area contributed by atoms with E-state index in [2.05, 4.69) is 92.1 Å². The highest BCUT2D eigenvalue weighted by Crippen LogP contribution is 2.43. The summed E-state index contributed by atoms with van der Waals surface area (Å²) < 4.78 is 23.7. The second-order valence-electron chi connectivity index (χ2n) is 19.9. The Hall–Kier alpha value is -2.32. The van der Waals surface area contributed by atoms with Crippen LogP contribution < -0.4 is 5.32 Å². The molecule has 3 N–H and O–H groups in total. The third kappa shape index (κ3) is 51.5. The summed E-state index contributed by atoms with van der Waals surface area (Å²) in [6, 6.07) is -0.874. The van der Waals surface area contributed by atoms with Crippen molar-refractivity contribution in [3.63, 3.8) is 0 Å². The molecule has 0 aliphatic carbocycles. The van der Waals surface area contributed by atoms with Crippen LogP contribution in [0.5, 0.6) is 0 Å². The van der Waals surface area contributed by atoms with Crippen LogP contribution in [0.2, 0.25) is 0 Å². The Bertz CT molecular complexity index is 1380. The lowest BCUT2D eigenvalue weighted by Crippen LogP contribution is -2.45. The first kappa shape index (κ1) is 65.7. The molecule has 8 nitrogen and oxygen atoms in total. The van der Waals surface area contributed by atoms with E-state index in [1.807, 2.05) is 27.2 Å². The van der Waals surface area contributed by atoms with Crippen molar-refractivity contribution in [3.8, 4) is 0 Å². The van der Waals surface area contributed by atoms with E-state index < -0.39 is 20.0 Å². The number of aliphatic hydroxyl groups is 1. The molecular formula is C59H108N2O6P+. The number of hydrogen-bond donors (Lipinski definition) is 3. The summed E-state index contributed by atoms with van der Waals surface area (Å²) in [5.41, 5.74) is 0. The van der Waals surface area contributed by atoms with Crippen molar-refractivity contribution >= 4 is 13.7 Å². The maximum atomic E-state index is 13.0. The minimum Gasteiger partial charge on any atom is -0.387 e. The van der Waals surface area contributed by atoms with Crippen molar-refractivity contribution in [2.45, 2.75) is 244 Å². The van der Waals surface area contributed by atoms with E-state index in [1.165, 1.54) is 141 Å². The fourth-order valence-electron chi connectivity index (χ4n) is 7.71. The number of likely N-dealkylation sites (N-methyl/N-ethyl adjacent to an activating group) is 1. The van der Waals surface area contributed by atoms with Gasteiger partial charge in [-0.1, -0.05) is 227 Å². The average molecular weight is 972 g/mol. The van der Waals surface area contributed by atoms with Crippen molar-refractivity contribution in [2.24, 2.45) is 0 Å². The lowest BCUT2D eigenvalue weighted by molar-refractivity contribution is -0.870. The predicted octanol–water partition coefficient (Wildman–Crippen LogP) is 16.9. The van der Waals surface area contributed by atoms with Gasteiger partial charge in [0.1, 0.15) is 13.2 Å². The molecule has 0 spiro atoms. The van der Waals surface area contributed by atoms with Crippen LogP contribution in [-0.4, -0.2) is 73.4 Å². The number of carbonyl (C=O) groups is 1. The third-order valence-corrected chi connectivity index (χ3v) is 13.1. The Morgan fingerprint density at radius 2 is 0.897 bits per heavy atom. The van der Waals surface area contributed by atoms with Gasteiger partial charge in [0.2, 0.25) is 5.91 Å². The van der Waals surface area contributed by atoms with E-state index in [-0.39, 0.29) is 19.1 Å². The maximum Gasteiger partial charge on any atom is 0.472 e. The third-order valence-electron chi connectivity index (χ3n) is 12.1. The number of aliphatic hydroxyl groups excluding tert-OH is 1. The van der Waals surface area contributed by atoms with E-state index >= 15 is 0 Å². The fourth-order valence-corrected chi connectivity index (χ4v) is 8.45. The number of allylic oxidation sites excluding steroid dienone is 13. The first-order chi connectivity index (χ1) is 33.0. The zero-order valence-electron chi connectivity index (χ0n) is 44.8. The molecule has 68 heavy (non-hydrogen) atoms. The molecule has 9 heteroatoms. The molecule has 0 heterocycles. The van der Waals surface area contributed by atoms with Crippen LogP contribution in [0.25, 0.3) is 0 Å². The SMILES string of the molecule is CC/C=C\C/C=C\C/C=C\C/C=C\CCCCCCCCCCCCCCCCC(=O)NC(COP(=O)(O)OCC[N+](C)(C)C)C(O)/C=C/CC/C=C/CC/C=C/CCCCCCCCCCC. The summed E-state index contributed by atoms with van der Waals surface area (Å²) in [7, 11) is 1.54. The number of rotatable bonds is 50. The predicted molar refractivity (Wildman–Crippen MR) is 295 cm³/mol. The number of carbonyl (C=O) groups excluding carboxylic acids is 1. The normalized spacial score (nSPS) is 14.6. The minimum atomic E-state index is -4.36. The van der Waals surface area contributed by atoms with Crippen LogP contribution in [0.4, 0.5) is 0 Å². The number of nitrogens with one attached hydrogen (secondary N) is 1. The number of quaternary nitrogens is 1. The van der Waals surface area contributed by atoms with Crippen molar-refractivity contribution in [3.05, 3.63) is 85.1 Å². The molecule has 0 bridgehead atoms. The van der Waals surface area contributed by atoms with E-state index in [0.29, 0.717) is 17.4 Å². The van der Waals surface area contributed by atoms with Crippen LogP contribution in [0.1, 0.15) is 232 Å². The standard InChI is InChI=1S/C59H107N2O6P/c1-6-8-10-12-14-16-18-20-22-24-26-27-28-29-30-31-32-33-35-37-39-41-43-45-47-49-51-53-59(63)60-57(56-67-68(64,65)66-55-54-61(3,4)5)58(62)52-50-48-46-44-42-40-38-36-34-25-23-21-19-17-15-13-11-9-7-2/h8,10,14,16,20,22,26-27,34,36,42,44,50,52,57-58,62H,6-7,9,11-13,15,17-19,21,23-25,28-33,35,37-41,43,45-49,51,53-56H2,1-5H3,(H-,60,63,64,65)/p+1/b10-8-,16-14-,22-20-,27-26-,36-34+,44-42+,52-50+. The molecule has 1 amide bonds. The number of hydrogen-bond acceptors (Lipinski definition) is 5. The van der Waals surface area contributed by atoms with Gasteiger partial charge in [-0.25, -0.2) is 4.57 Å². The monoisotopic (exact) mass is 972 g/mol. The molecule has 0 aromatic carbocycles. The number of amides is 1. The van der Waals surface area contributed by atoms with Crippen molar-refractivity contribution in [2.75, 3.05) is 40.9 Å². The lowest BCUT2D eigenvalue weighted by Gasteiger charge is -2.25. The van der Waals surface area contributed by atoms with Crippen molar-refractivity contribution in [1.29, 1.82) is 0 Å². The summed E-state index contributed by atoms with van der Waals surface area (Å²) in [5, 5.41) is 13.9. The van der Waals surface area contributed by atoms with E-state index in [4.69, 9.17) is 9.05 Å². The van der Waals surface area contributed by atoms with E-state index in [0.717, 1.165) is 70.6 Å². The molecule has 0 radical (unpaired) electrons. The van der Waals surface area contributed by atoms with Gasteiger partial charge in [-0.15, -0.1) is 0 Å². The van der Waals surface area contributed by atoms with E-state index in [1.54, 1.807) is 6.08 Å². The number of phosphoric acid groups is 1. The van der Waals surface area contributed by atoms with Gasteiger partial charge in [-0.05, 0) is 83.5 Å². The van der Waals surface area contributed by atoms with Crippen LogP contribution in [0.15, 0.2) is 85.1 Å². The second-order valence-corrected chi connectivity index (χ2v) is 21.4. The average Bonchev–Trinajstić information content (AvgIpc) is 3.30. The Kier molecular flexibility index (Phi) is 48.0. The van der Waals surface area contributed by atoms with Gasteiger partial charge in [0, 0.05) is 6.42 Å². The summed E-state index contributed by atoms with van der Waals surface area (Å²) in [4.78, 5) is 23.3. The van der Waals surface area contributed by atoms with Crippen LogP contribution >= 0.6 is 7.82 Å². The van der Waals surface area contributed by atoms with Crippen LogP contribution in [-0.2, 0) is 18.4 Å². The largest absolute Gasteiger partial charge is 0.472 e. The van der Waals surface area contributed by atoms with Gasteiger partial charge in [0.25, 0.3) is 0 Å². The van der Waals surface area contributed by atoms with Gasteiger partial charge in [0.15, 0.2) is 0 Å². The van der Waals surface area contributed by atoms with Gasteiger partial charge in [-0.2, -0.15) is 0 Å². The minimum absolute atomic E-state index is 0.0505. The topological polar surface area (TPSA) is 105 Å². The van der Waals surface area contributed by atoms with Crippen LogP contribution in [0.3, 0.4) is 0 Å². The molecule has 0 aromatic heterocycles. The summed E-state index contributed by atoms with van der Waals surface area (Å²) in [6.45, 7) is 4.68. The highest BCUT2D eigenvalue weighted by molar-refractivity contribution is 7.47. The zero-order chi connectivity index (χ0) is 49.9. The molecule has 0 saturated carbocycles. The smallest absolute Gasteiger partial charge is 0.387 e. The first-order valence-corrected chi connectivity index (χ1v) is 29.5. The highest BCUT2D eigenvalue weighted by Gasteiger charge is 2.27. The van der Waals surface area contributed by atoms with Gasteiger partial charge < -0.3 is 19.8 Å². The van der Waals surface area contributed by atoms with E-state index in [9.17, 15) is 19.4 Å². The molecule has 0 aliphatic rings. The summed E-state index contributed by atoms with van der Waals surface area (Å²) >= 11 is 0.